The maximum atomic E-state index is 13.3. The standard InChI is InChI=1S/C15H15Br2FN2/c1-2-19-15(14-6-4-11(16)9-20-14)8-10-3-5-13(18)12(17)7-10/h3-7,9,15,19H,2,8H2,1H3. The van der Waals surface area contributed by atoms with Crippen molar-refractivity contribution < 1.29 is 4.39 Å². The maximum absolute atomic E-state index is 13.3. The smallest absolute Gasteiger partial charge is 0.137 e. The van der Waals surface area contributed by atoms with E-state index in [1.54, 1.807) is 6.20 Å². The summed E-state index contributed by atoms with van der Waals surface area (Å²) < 4.78 is 14.7. The van der Waals surface area contributed by atoms with Crippen molar-refractivity contribution in [3.05, 3.63) is 62.5 Å². The Bertz CT molecular complexity index is 573. The number of nitrogens with one attached hydrogen (secondary N) is 1. The van der Waals surface area contributed by atoms with E-state index in [2.05, 4.69) is 49.1 Å². The summed E-state index contributed by atoms with van der Waals surface area (Å²) in [5, 5.41) is 3.41. The van der Waals surface area contributed by atoms with E-state index in [0.717, 1.165) is 28.7 Å². The lowest BCUT2D eigenvalue weighted by molar-refractivity contribution is 0.535. The molecule has 1 aromatic carbocycles. The minimum Gasteiger partial charge on any atom is -0.309 e. The van der Waals surface area contributed by atoms with Crippen LogP contribution < -0.4 is 5.32 Å². The number of pyridine rings is 1. The molecule has 0 saturated heterocycles. The molecule has 2 nitrogen and oxygen atoms in total. The third-order valence-corrected chi connectivity index (χ3v) is 4.06. The van der Waals surface area contributed by atoms with Gasteiger partial charge in [0.25, 0.3) is 0 Å². The van der Waals surface area contributed by atoms with Gasteiger partial charge >= 0.3 is 0 Å². The van der Waals surface area contributed by atoms with Crippen LogP contribution in [0.2, 0.25) is 0 Å². The first-order valence-corrected chi connectivity index (χ1v) is 7.97. The predicted molar refractivity (Wildman–Crippen MR) is 86.2 cm³/mol. The maximum Gasteiger partial charge on any atom is 0.137 e. The molecule has 5 heteroatoms. The fraction of sp³-hybridized carbons (Fsp3) is 0.267. The Labute approximate surface area is 135 Å². The van der Waals surface area contributed by atoms with Gasteiger partial charge in [0.15, 0.2) is 0 Å². The zero-order valence-corrected chi connectivity index (χ0v) is 14.2. The van der Waals surface area contributed by atoms with Gasteiger partial charge in [-0.15, -0.1) is 0 Å². The van der Waals surface area contributed by atoms with Crippen molar-refractivity contribution in [2.75, 3.05) is 6.54 Å². The minimum absolute atomic E-state index is 0.116. The molecule has 106 valence electrons. The topological polar surface area (TPSA) is 24.9 Å². The van der Waals surface area contributed by atoms with Gasteiger partial charge in [0.1, 0.15) is 5.82 Å². The van der Waals surface area contributed by atoms with Gasteiger partial charge < -0.3 is 5.32 Å². The second-order valence-corrected chi connectivity index (χ2v) is 6.23. The van der Waals surface area contributed by atoms with Crippen LogP contribution in [0.25, 0.3) is 0 Å². The number of likely N-dealkylation sites (N-methyl/N-ethyl adjacent to an activating group) is 1. The summed E-state index contributed by atoms with van der Waals surface area (Å²) >= 11 is 6.61. The first-order valence-electron chi connectivity index (χ1n) is 6.39. The van der Waals surface area contributed by atoms with Gasteiger partial charge in [-0.2, -0.15) is 0 Å². The van der Waals surface area contributed by atoms with Crippen LogP contribution in [0.15, 0.2) is 45.5 Å². The predicted octanol–water partition coefficient (Wildman–Crippen LogP) is 4.64. The molecule has 2 aromatic rings. The van der Waals surface area contributed by atoms with Crippen molar-refractivity contribution in [1.29, 1.82) is 0 Å². The van der Waals surface area contributed by atoms with Crippen molar-refractivity contribution in [2.24, 2.45) is 0 Å². The highest BCUT2D eigenvalue weighted by molar-refractivity contribution is 9.10. The van der Waals surface area contributed by atoms with E-state index in [0.29, 0.717) is 4.47 Å². The van der Waals surface area contributed by atoms with Crippen LogP contribution in [0.5, 0.6) is 0 Å². The Morgan fingerprint density at radius 2 is 2.05 bits per heavy atom. The molecule has 0 amide bonds. The average Bonchev–Trinajstić information content (AvgIpc) is 2.43. The van der Waals surface area contributed by atoms with Gasteiger partial charge in [-0.3, -0.25) is 4.98 Å². The third kappa shape index (κ3) is 4.11. The van der Waals surface area contributed by atoms with Gasteiger partial charge in [0.2, 0.25) is 0 Å². The molecule has 1 unspecified atom stereocenters. The Kier molecular flexibility index (Phi) is 5.69. The van der Waals surface area contributed by atoms with Crippen molar-refractivity contribution >= 4 is 31.9 Å². The van der Waals surface area contributed by atoms with Crippen LogP contribution in [0.3, 0.4) is 0 Å². The van der Waals surface area contributed by atoms with Crippen LogP contribution in [-0.4, -0.2) is 11.5 Å². The van der Waals surface area contributed by atoms with Crippen molar-refractivity contribution in [1.82, 2.24) is 10.3 Å². The number of nitrogens with zero attached hydrogens (tertiary/aromatic N) is 1. The number of aromatic nitrogens is 1. The number of benzene rings is 1. The SMILES string of the molecule is CCNC(Cc1ccc(F)c(Br)c1)c1ccc(Br)cn1. The summed E-state index contributed by atoms with van der Waals surface area (Å²) in [5.41, 5.74) is 2.05. The molecule has 2 rings (SSSR count). The van der Waals surface area contributed by atoms with E-state index in [1.807, 2.05) is 24.3 Å². The van der Waals surface area contributed by atoms with Gasteiger partial charge in [-0.1, -0.05) is 13.0 Å². The van der Waals surface area contributed by atoms with Crippen LogP contribution >= 0.6 is 31.9 Å². The summed E-state index contributed by atoms with van der Waals surface area (Å²) in [6.07, 6.45) is 2.56. The summed E-state index contributed by atoms with van der Waals surface area (Å²) in [5.74, 6) is -0.240. The zero-order chi connectivity index (χ0) is 14.5. The molecule has 1 N–H and O–H groups in total. The van der Waals surface area contributed by atoms with Gasteiger partial charge in [0, 0.05) is 10.7 Å². The summed E-state index contributed by atoms with van der Waals surface area (Å²) in [7, 11) is 0. The van der Waals surface area contributed by atoms with Crippen molar-refractivity contribution in [3.63, 3.8) is 0 Å². The zero-order valence-electron chi connectivity index (χ0n) is 11.0. The summed E-state index contributed by atoms with van der Waals surface area (Å²) in [6.45, 7) is 2.91. The molecule has 0 aliphatic heterocycles. The molecular formula is C15H15Br2FN2. The number of hydrogen-bond acceptors (Lipinski definition) is 2. The Morgan fingerprint density at radius 3 is 2.65 bits per heavy atom. The Hall–Kier alpha value is -0.780. The van der Waals surface area contributed by atoms with E-state index in [9.17, 15) is 4.39 Å². The average molecular weight is 402 g/mol. The van der Waals surface area contributed by atoms with Gasteiger partial charge in [-0.25, -0.2) is 4.39 Å². The first-order chi connectivity index (χ1) is 9.60. The number of hydrogen-bond donors (Lipinski definition) is 1. The fourth-order valence-electron chi connectivity index (χ4n) is 2.02. The quantitative estimate of drug-likeness (QED) is 0.789. The van der Waals surface area contributed by atoms with Gasteiger partial charge in [0.05, 0.1) is 16.2 Å². The van der Waals surface area contributed by atoms with Crippen LogP contribution in [-0.2, 0) is 6.42 Å². The van der Waals surface area contributed by atoms with Crippen LogP contribution in [0, 0.1) is 5.82 Å². The lowest BCUT2D eigenvalue weighted by Crippen LogP contribution is -2.23. The molecular weight excluding hydrogens is 387 g/mol. The third-order valence-electron chi connectivity index (χ3n) is 2.98. The molecule has 1 atom stereocenters. The van der Waals surface area contributed by atoms with E-state index >= 15 is 0 Å². The highest BCUT2D eigenvalue weighted by atomic mass is 79.9. The second-order valence-electron chi connectivity index (χ2n) is 4.46. The van der Waals surface area contributed by atoms with Crippen molar-refractivity contribution in [3.8, 4) is 0 Å². The summed E-state index contributed by atoms with van der Waals surface area (Å²) in [4.78, 5) is 4.44. The molecule has 1 aromatic heterocycles. The molecule has 0 radical (unpaired) electrons. The number of halogens is 3. The molecule has 0 fully saturated rings. The van der Waals surface area contributed by atoms with Crippen LogP contribution in [0.1, 0.15) is 24.2 Å². The Balaban J connectivity index is 2.20. The fourth-order valence-corrected chi connectivity index (χ4v) is 2.68. The molecule has 0 bridgehead atoms. The largest absolute Gasteiger partial charge is 0.309 e. The normalized spacial score (nSPS) is 12.4. The molecule has 0 aliphatic rings. The number of rotatable bonds is 5. The molecule has 0 aliphatic carbocycles. The Morgan fingerprint density at radius 1 is 1.25 bits per heavy atom. The van der Waals surface area contributed by atoms with E-state index in [4.69, 9.17) is 0 Å². The molecule has 1 heterocycles. The monoisotopic (exact) mass is 400 g/mol. The first kappa shape index (κ1) is 15.6. The molecule has 20 heavy (non-hydrogen) atoms. The molecule has 0 spiro atoms. The highest BCUT2D eigenvalue weighted by Crippen LogP contribution is 2.22. The lowest BCUT2D eigenvalue weighted by Gasteiger charge is -2.17. The van der Waals surface area contributed by atoms with Gasteiger partial charge in [-0.05, 0) is 74.7 Å². The summed E-state index contributed by atoms with van der Waals surface area (Å²) in [6, 6.07) is 9.20. The minimum atomic E-state index is -0.240. The van der Waals surface area contributed by atoms with E-state index < -0.39 is 0 Å². The highest BCUT2D eigenvalue weighted by Gasteiger charge is 2.13. The lowest BCUT2D eigenvalue weighted by atomic mass is 10.0. The van der Waals surface area contributed by atoms with Crippen molar-refractivity contribution in [2.45, 2.75) is 19.4 Å². The van der Waals surface area contributed by atoms with E-state index in [1.165, 1.54) is 6.07 Å². The molecule has 0 saturated carbocycles. The second kappa shape index (κ2) is 7.29. The van der Waals surface area contributed by atoms with Crippen LogP contribution in [0.4, 0.5) is 4.39 Å². The van der Waals surface area contributed by atoms with E-state index in [-0.39, 0.29) is 11.9 Å².